The van der Waals surface area contributed by atoms with Crippen LogP contribution in [0.3, 0.4) is 0 Å². The van der Waals surface area contributed by atoms with Gasteiger partial charge in [0.05, 0.1) is 38.4 Å². The molecule has 0 aliphatic heterocycles. The minimum Gasteiger partial charge on any atom is -0.394 e. The molecule has 1 fully saturated rings. The van der Waals surface area contributed by atoms with Crippen LogP contribution in [0.25, 0.3) is 0 Å². The highest BCUT2D eigenvalue weighted by molar-refractivity contribution is 5.85. The molecule has 0 bridgehead atoms. The normalized spacial score (nSPS) is 24.7. The van der Waals surface area contributed by atoms with Gasteiger partial charge in [0.25, 0.3) is 0 Å². The number of amides is 2. The molecular weight excluding hydrogens is 532 g/mol. The number of carbonyl (C=O) groups excluding carboxylic acids is 2. The zero-order chi connectivity index (χ0) is 30.7. The summed E-state index contributed by atoms with van der Waals surface area (Å²) in [4.78, 5) is 26.3. The standard InChI is InChI=1S/C30H56N2O9/c1-2-3-4-5-6-7-8-9-10-11-12-13-14-15-16-17-25(36)31-19-26(37)32(23(20-33)21-34)24-18-30(41,22-35)29(40)28(39)27(24)38/h9-10,23-24,27-29,33-35,38-41H,2-8,11-22H2,1H3,(H,31,36)/b10-9+/t24-,27-,28+,29-,30-/m0/s1. The number of hydrogen-bond acceptors (Lipinski definition) is 9. The fraction of sp³-hybridized carbons (Fsp3) is 0.867. The van der Waals surface area contributed by atoms with Crippen molar-refractivity contribution in [1.29, 1.82) is 0 Å². The molecule has 0 aromatic rings. The summed E-state index contributed by atoms with van der Waals surface area (Å²) in [6.45, 7) is -0.590. The Labute approximate surface area is 245 Å². The van der Waals surface area contributed by atoms with Gasteiger partial charge in [0.15, 0.2) is 0 Å². The molecule has 0 radical (unpaired) electrons. The largest absolute Gasteiger partial charge is 0.394 e. The lowest BCUT2D eigenvalue weighted by molar-refractivity contribution is -0.222. The van der Waals surface area contributed by atoms with Crippen molar-refractivity contribution in [3.63, 3.8) is 0 Å². The molecule has 8 N–H and O–H groups in total. The number of rotatable bonds is 22. The van der Waals surface area contributed by atoms with Gasteiger partial charge in [0.1, 0.15) is 23.9 Å². The number of aliphatic hydroxyl groups excluding tert-OH is 6. The predicted octanol–water partition coefficient (Wildman–Crippen LogP) is 0.900. The summed E-state index contributed by atoms with van der Waals surface area (Å²) in [5.41, 5.74) is -2.22. The van der Waals surface area contributed by atoms with Crippen LogP contribution in [-0.4, -0.2) is 115 Å². The maximum absolute atomic E-state index is 13.0. The molecule has 1 aliphatic rings. The molecule has 2 amide bonds. The van der Waals surface area contributed by atoms with E-state index in [9.17, 15) is 45.3 Å². The quantitative estimate of drug-likeness (QED) is 0.0671. The second-order valence-corrected chi connectivity index (χ2v) is 11.4. The first-order chi connectivity index (χ1) is 19.7. The predicted molar refractivity (Wildman–Crippen MR) is 156 cm³/mol. The van der Waals surface area contributed by atoms with Crippen LogP contribution in [-0.2, 0) is 9.59 Å². The van der Waals surface area contributed by atoms with E-state index in [-0.39, 0.29) is 12.3 Å². The monoisotopic (exact) mass is 588 g/mol. The van der Waals surface area contributed by atoms with Crippen LogP contribution in [0.2, 0.25) is 0 Å². The summed E-state index contributed by atoms with van der Waals surface area (Å²) in [6.07, 6.45) is 13.6. The maximum Gasteiger partial charge on any atom is 0.242 e. The summed E-state index contributed by atoms with van der Waals surface area (Å²) in [5.74, 6) is -1.10. The number of hydrogen-bond donors (Lipinski definition) is 8. The molecule has 0 heterocycles. The molecule has 240 valence electrons. The van der Waals surface area contributed by atoms with Crippen LogP contribution < -0.4 is 5.32 Å². The third-order valence-electron chi connectivity index (χ3n) is 8.02. The first-order valence-electron chi connectivity index (χ1n) is 15.5. The number of unbranched alkanes of at least 4 members (excludes halogenated alkanes) is 11. The van der Waals surface area contributed by atoms with Gasteiger partial charge in [-0.15, -0.1) is 0 Å². The molecule has 11 heteroatoms. The average Bonchev–Trinajstić information content (AvgIpc) is 2.97. The molecule has 1 rings (SSSR count). The maximum atomic E-state index is 13.0. The molecule has 0 saturated heterocycles. The van der Waals surface area contributed by atoms with Gasteiger partial charge >= 0.3 is 0 Å². The van der Waals surface area contributed by atoms with Crippen molar-refractivity contribution in [2.45, 2.75) is 139 Å². The van der Waals surface area contributed by atoms with Crippen molar-refractivity contribution in [2.75, 3.05) is 26.4 Å². The van der Waals surface area contributed by atoms with Crippen LogP contribution in [0.4, 0.5) is 0 Å². The summed E-state index contributed by atoms with van der Waals surface area (Å²) in [5, 5.41) is 72.8. The zero-order valence-corrected chi connectivity index (χ0v) is 24.9. The Hall–Kier alpha value is -1.60. The molecule has 0 spiro atoms. The van der Waals surface area contributed by atoms with Gasteiger partial charge in [-0.05, 0) is 32.1 Å². The van der Waals surface area contributed by atoms with Gasteiger partial charge in [-0.2, -0.15) is 0 Å². The molecule has 1 aliphatic carbocycles. The Morgan fingerprint density at radius 3 is 1.93 bits per heavy atom. The second kappa shape index (κ2) is 21.1. The molecule has 0 aromatic carbocycles. The summed E-state index contributed by atoms with van der Waals surface area (Å²) in [6, 6.07) is -2.54. The van der Waals surface area contributed by atoms with Crippen molar-refractivity contribution >= 4 is 11.8 Å². The topological polar surface area (TPSA) is 191 Å². The molecular formula is C30H56N2O9. The highest BCUT2D eigenvalue weighted by atomic mass is 16.4. The number of nitrogens with one attached hydrogen (secondary N) is 1. The number of aliphatic hydroxyl groups is 7. The number of nitrogens with zero attached hydrogens (tertiary/aromatic N) is 1. The fourth-order valence-corrected chi connectivity index (χ4v) is 5.36. The molecule has 41 heavy (non-hydrogen) atoms. The van der Waals surface area contributed by atoms with Crippen LogP contribution in [0.5, 0.6) is 0 Å². The minimum atomic E-state index is -2.22. The third kappa shape index (κ3) is 13.1. The fourth-order valence-electron chi connectivity index (χ4n) is 5.36. The molecule has 0 aromatic heterocycles. The lowest BCUT2D eigenvalue weighted by Gasteiger charge is -2.50. The summed E-state index contributed by atoms with van der Waals surface area (Å²) in [7, 11) is 0. The van der Waals surface area contributed by atoms with Crippen LogP contribution >= 0.6 is 0 Å². The van der Waals surface area contributed by atoms with Gasteiger partial charge in [-0.25, -0.2) is 0 Å². The zero-order valence-electron chi connectivity index (χ0n) is 24.9. The Kier molecular flexibility index (Phi) is 19.3. The van der Waals surface area contributed by atoms with E-state index < -0.39 is 74.7 Å². The summed E-state index contributed by atoms with van der Waals surface area (Å²) < 4.78 is 0. The highest BCUT2D eigenvalue weighted by Gasteiger charge is 2.54. The average molecular weight is 589 g/mol. The van der Waals surface area contributed by atoms with E-state index in [0.717, 1.165) is 43.4 Å². The van der Waals surface area contributed by atoms with Crippen molar-refractivity contribution in [1.82, 2.24) is 10.2 Å². The van der Waals surface area contributed by atoms with E-state index in [1.165, 1.54) is 38.5 Å². The van der Waals surface area contributed by atoms with E-state index in [1.807, 2.05) is 0 Å². The second-order valence-electron chi connectivity index (χ2n) is 11.4. The smallest absolute Gasteiger partial charge is 0.242 e. The van der Waals surface area contributed by atoms with E-state index >= 15 is 0 Å². The Morgan fingerprint density at radius 2 is 1.39 bits per heavy atom. The van der Waals surface area contributed by atoms with Gasteiger partial charge in [-0.1, -0.05) is 70.4 Å². The Balaban J connectivity index is 2.37. The highest BCUT2D eigenvalue weighted by Crippen LogP contribution is 2.33. The SMILES string of the molecule is CCCCCCCC/C=C/CCCCCCCC(=O)NCC(=O)N(C(CO)CO)[C@H]1C[C@](O)(CO)[C@@H](O)[C@H](O)[C@H]1O. The van der Waals surface area contributed by atoms with Gasteiger partial charge in [-0.3, -0.25) is 9.59 Å². The van der Waals surface area contributed by atoms with E-state index in [1.54, 1.807) is 0 Å². The van der Waals surface area contributed by atoms with E-state index in [2.05, 4.69) is 24.4 Å². The van der Waals surface area contributed by atoms with Crippen molar-refractivity contribution in [3.05, 3.63) is 12.2 Å². The minimum absolute atomic E-state index is 0.232. The summed E-state index contributed by atoms with van der Waals surface area (Å²) >= 11 is 0. The van der Waals surface area contributed by atoms with E-state index in [0.29, 0.717) is 6.42 Å². The third-order valence-corrected chi connectivity index (χ3v) is 8.02. The van der Waals surface area contributed by atoms with Crippen LogP contribution in [0, 0.1) is 0 Å². The lowest BCUT2D eigenvalue weighted by Crippen LogP contribution is -2.70. The first kappa shape index (κ1) is 37.4. The molecule has 11 nitrogen and oxygen atoms in total. The van der Waals surface area contributed by atoms with Crippen molar-refractivity contribution < 1.29 is 45.3 Å². The van der Waals surface area contributed by atoms with Gasteiger partial charge in [0, 0.05) is 12.8 Å². The molecule has 5 atom stereocenters. The van der Waals surface area contributed by atoms with E-state index in [4.69, 9.17) is 0 Å². The first-order valence-corrected chi connectivity index (χ1v) is 15.5. The number of carbonyl (C=O) groups is 2. The van der Waals surface area contributed by atoms with Gasteiger partial charge < -0.3 is 46.0 Å². The Bertz CT molecular complexity index is 749. The van der Waals surface area contributed by atoms with Crippen molar-refractivity contribution in [3.8, 4) is 0 Å². The Morgan fingerprint density at radius 1 is 0.854 bits per heavy atom. The molecule has 0 unspecified atom stereocenters. The lowest BCUT2D eigenvalue weighted by atomic mass is 9.75. The van der Waals surface area contributed by atoms with Crippen molar-refractivity contribution in [2.24, 2.45) is 0 Å². The van der Waals surface area contributed by atoms with Gasteiger partial charge in [0.2, 0.25) is 11.8 Å². The van der Waals surface area contributed by atoms with Crippen LogP contribution in [0.1, 0.15) is 103 Å². The number of allylic oxidation sites excluding steroid dienone is 2. The van der Waals surface area contributed by atoms with Crippen LogP contribution in [0.15, 0.2) is 12.2 Å². The molecule has 1 saturated carbocycles.